The first-order chi connectivity index (χ1) is 10.8. The number of aromatic amines is 1. The predicted octanol–water partition coefficient (Wildman–Crippen LogP) is 1.77. The maximum absolute atomic E-state index is 12.2. The van der Waals surface area contributed by atoms with Crippen molar-refractivity contribution in [3.63, 3.8) is 0 Å². The normalized spacial score (nSPS) is 15.5. The fourth-order valence-electron chi connectivity index (χ4n) is 2.43. The van der Waals surface area contributed by atoms with E-state index in [2.05, 4.69) is 15.3 Å². The quantitative estimate of drug-likeness (QED) is 0.880. The lowest BCUT2D eigenvalue weighted by atomic mass is 9.92. The van der Waals surface area contributed by atoms with E-state index in [1.165, 1.54) is 18.3 Å². The number of anilines is 1. The highest BCUT2D eigenvalue weighted by Gasteiger charge is 2.32. The topological polar surface area (TPSA) is 101 Å². The van der Waals surface area contributed by atoms with Gasteiger partial charge in [-0.05, 0) is 38.1 Å². The maximum atomic E-state index is 12.2. The van der Waals surface area contributed by atoms with Crippen molar-refractivity contribution in [3.05, 3.63) is 52.1 Å². The molecule has 118 valence electrons. The van der Waals surface area contributed by atoms with Gasteiger partial charge in [0, 0.05) is 11.8 Å². The molecule has 23 heavy (non-hydrogen) atoms. The maximum Gasteiger partial charge on any atom is 0.346 e. The zero-order valence-corrected chi connectivity index (χ0v) is 12.7. The lowest BCUT2D eigenvalue weighted by Crippen LogP contribution is -2.36. The standard InChI is InChI=1S/C16H15N3O4/c1-16(2)8-11(20)10-7-9(3-4-12(10)23-16)14(21)18-13-5-6-17-15(22)19-13/h3-7H,8H2,1-2H3,(H2,17,18,19,21,22). The molecule has 1 aliphatic heterocycles. The minimum Gasteiger partial charge on any atom is -0.487 e. The monoisotopic (exact) mass is 313 g/mol. The highest BCUT2D eigenvalue weighted by atomic mass is 16.5. The minimum absolute atomic E-state index is 0.0665. The Morgan fingerprint density at radius 2 is 2.09 bits per heavy atom. The van der Waals surface area contributed by atoms with Crippen molar-refractivity contribution >= 4 is 17.5 Å². The van der Waals surface area contributed by atoms with Crippen LogP contribution < -0.4 is 15.7 Å². The number of carbonyl (C=O) groups excluding carboxylic acids is 2. The Hall–Kier alpha value is -2.96. The lowest BCUT2D eigenvalue weighted by molar-refractivity contribution is 0.0620. The summed E-state index contributed by atoms with van der Waals surface area (Å²) >= 11 is 0. The molecule has 0 unspecified atom stereocenters. The Kier molecular flexibility index (Phi) is 3.48. The van der Waals surface area contributed by atoms with E-state index >= 15 is 0 Å². The Bertz CT molecular complexity index is 854. The van der Waals surface area contributed by atoms with E-state index < -0.39 is 17.2 Å². The number of hydrogen-bond acceptors (Lipinski definition) is 5. The number of carbonyl (C=O) groups is 2. The number of aromatic nitrogens is 2. The van der Waals surface area contributed by atoms with Crippen molar-refractivity contribution in [2.24, 2.45) is 0 Å². The first kappa shape index (κ1) is 15.0. The molecule has 7 heteroatoms. The summed E-state index contributed by atoms with van der Waals surface area (Å²) in [7, 11) is 0. The van der Waals surface area contributed by atoms with Crippen molar-refractivity contribution in [1.29, 1.82) is 0 Å². The molecule has 7 nitrogen and oxygen atoms in total. The van der Waals surface area contributed by atoms with E-state index in [0.717, 1.165) is 0 Å². The third-order valence-electron chi connectivity index (χ3n) is 3.44. The summed E-state index contributed by atoms with van der Waals surface area (Å²) in [5, 5.41) is 2.55. The van der Waals surface area contributed by atoms with E-state index in [-0.39, 0.29) is 18.0 Å². The molecule has 0 spiro atoms. The predicted molar refractivity (Wildman–Crippen MR) is 82.9 cm³/mol. The van der Waals surface area contributed by atoms with Gasteiger partial charge in [0.2, 0.25) is 0 Å². The Morgan fingerprint density at radius 1 is 1.30 bits per heavy atom. The summed E-state index contributed by atoms with van der Waals surface area (Å²) in [5.41, 5.74) is -0.415. The molecule has 0 saturated carbocycles. The molecule has 0 saturated heterocycles. The zero-order valence-electron chi connectivity index (χ0n) is 12.7. The van der Waals surface area contributed by atoms with Crippen LogP contribution in [0.1, 0.15) is 41.0 Å². The third-order valence-corrected chi connectivity index (χ3v) is 3.44. The largest absolute Gasteiger partial charge is 0.487 e. The molecular formula is C16H15N3O4. The number of nitrogens with zero attached hydrogens (tertiary/aromatic N) is 1. The van der Waals surface area contributed by atoms with Gasteiger partial charge in [0.1, 0.15) is 17.2 Å². The van der Waals surface area contributed by atoms with E-state index in [9.17, 15) is 14.4 Å². The number of Topliss-reactive ketones (excluding diaryl/α,β-unsaturated/α-hetero) is 1. The van der Waals surface area contributed by atoms with Crippen LogP contribution in [-0.4, -0.2) is 27.3 Å². The molecular weight excluding hydrogens is 298 g/mol. The molecule has 3 rings (SSSR count). The summed E-state index contributed by atoms with van der Waals surface area (Å²) in [4.78, 5) is 41.5. The van der Waals surface area contributed by atoms with Crippen LogP contribution in [0.2, 0.25) is 0 Å². The van der Waals surface area contributed by atoms with Crippen molar-refractivity contribution in [2.45, 2.75) is 25.9 Å². The molecule has 0 fully saturated rings. The smallest absolute Gasteiger partial charge is 0.346 e. The molecule has 0 bridgehead atoms. The van der Waals surface area contributed by atoms with Gasteiger partial charge in [-0.2, -0.15) is 0 Å². The van der Waals surface area contributed by atoms with Crippen LogP contribution in [0.25, 0.3) is 0 Å². The number of rotatable bonds is 2. The van der Waals surface area contributed by atoms with Gasteiger partial charge in [-0.1, -0.05) is 0 Å². The first-order valence-corrected chi connectivity index (χ1v) is 7.07. The van der Waals surface area contributed by atoms with Gasteiger partial charge >= 0.3 is 5.69 Å². The van der Waals surface area contributed by atoms with Gasteiger partial charge in [0.15, 0.2) is 5.78 Å². The minimum atomic E-state index is -0.556. The molecule has 1 aliphatic rings. The second kappa shape index (κ2) is 5.35. The highest BCUT2D eigenvalue weighted by molar-refractivity contribution is 6.07. The van der Waals surface area contributed by atoms with Crippen LogP contribution in [0, 0.1) is 0 Å². The average Bonchev–Trinajstić information content (AvgIpc) is 2.45. The van der Waals surface area contributed by atoms with E-state index in [1.807, 2.05) is 13.8 Å². The lowest BCUT2D eigenvalue weighted by Gasteiger charge is -2.31. The zero-order chi connectivity index (χ0) is 16.6. The molecule has 1 aromatic carbocycles. The van der Waals surface area contributed by atoms with E-state index in [0.29, 0.717) is 16.9 Å². The molecule has 0 aliphatic carbocycles. The molecule has 2 heterocycles. The van der Waals surface area contributed by atoms with Crippen LogP contribution in [0.15, 0.2) is 35.3 Å². The number of ether oxygens (including phenoxy) is 1. The Balaban J connectivity index is 1.87. The second-order valence-corrected chi connectivity index (χ2v) is 5.92. The van der Waals surface area contributed by atoms with Crippen molar-refractivity contribution in [1.82, 2.24) is 9.97 Å². The summed E-state index contributed by atoms with van der Waals surface area (Å²) < 4.78 is 5.75. The van der Waals surface area contributed by atoms with Gasteiger partial charge in [-0.15, -0.1) is 0 Å². The van der Waals surface area contributed by atoms with Gasteiger partial charge in [0.25, 0.3) is 5.91 Å². The number of fused-ring (bicyclic) bond motifs is 1. The summed E-state index contributed by atoms with van der Waals surface area (Å²) in [6, 6.07) is 6.15. The second-order valence-electron chi connectivity index (χ2n) is 5.92. The molecule has 1 amide bonds. The number of benzene rings is 1. The third kappa shape index (κ3) is 3.13. The summed E-state index contributed by atoms with van der Waals surface area (Å²) in [6.07, 6.45) is 1.55. The van der Waals surface area contributed by atoms with Gasteiger partial charge in [-0.3, -0.25) is 14.6 Å². The first-order valence-electron chi connectivity index (χ1n) is 7.07. The van der Waals surface area contributed by atoms with Crippen LogP contribution in [0.3, 0.4) is 0 Å². The molecule has 0 radical (unpaired) electrons. The highest BCUT2D eigenvalue weighted by Crippen LogP contribution is 2.33. The Labute approximate surface area is 131 Å². The molecule has 2 N–H and O–H groups in total. The van der Waals surface area contributed by atoms with Crippen molar-refractivity contribution < 1.29 is 14.3 Å². The summed E-state index contributed by atoms with van der Waals surface area (Å²) in [5.74, 6) is 0.201. The number of nitrogens with one attached hydrogen (secondary N) is 2. The Morgan fingerprint density at radius 3 is 2.83 bits per heavy atom. The van der Waals surface area contributed by atoms with E-state index in [1.54, 1.807) is 12.1 Å². The van der Waals surface area contributed by atoms with Crippen LogP contribution in [0.4, 0.5) is 5.82 Å². The fourth-order valence-corrected chi connectivity index (χ4v) is 2.43. The number of H-pyrrole nitrogens is 1. The van der Waals surface area contributed by atoms with Crippen LogP contribution in [0.5, 0.6) is 5.75 Å². The van der Waals surface area contributed by atoms with Crippen LogP contribution in [-0.2, 0) is 0 Å². The average molecular weight is 313 g/mol. The van der Waals surface area contributed by atoms with E-state index in [4.69, 9.17) is 4.74 Å². The number of ketones is 1. The van der Waals surface area contributed by atoms with Gasteiger partial charge in [0.05, 0.1) is 12.0 Å². The van der Waals surface area contributed by atoms with Gasteiger partial charge in [-0.25, -0.2) is 9.78 Å². The molecule has 1 aromatic heterocycles. The fraction of sp³-hybridized carbons (Fsp3) is 0.250. The van der Waals surface area contributed by atoms with Crippen molar-refractivity contribution in [2.75, 3.05) is 5.32 Å². The van der Waals surface area contributed by atoms with Gasteiger partial charge < -0.3 is 10.1 Å². The van der Waals surface area contributed by atoms with Crippen LogP contribution >= 0.6 is 0 Å². The number of amides is 1. The molecule has 2 aromatic rings. The molecule has 0 atom stereocenters. The SMILES string of the molecule is CC1(C)CC(=O)c2cc(C(=O)Nc3ccnc(=O)[nH]3)ccc2O1. The van der Waals surface area contributed by atoms with Crippen molar-refractivity contribution in [3.8, 4) is 5.75 Å². The summed E-state index contributed by atoms with van der Waals surface area (Å²) in [6.45, 7) is 3.68. The number of hydrogen-bond donors (Lipinski definition) is 2.